The van der Waals surface area contributed by atoms with E-state index in [2.05, 4.69) is 4.74 Å². The van der Waals surface area contributed by atoms with Crippen LogP contribution in [0, 0.1) is 11.8 Å². The van der Waals surface area contributed by atoms with E-state index >= 15 is 0 Å². The fraction of sp³-hybridized carbons (Fsp3) is 0.824. The third kappa shape index (κ3) is 3.54. The number of fused-ring (bicyclic) bond motifs is 1. The van der Waals surface area contributed by atoms with Gasteiger partial charge in [-0.25, -0.2) is 4.79 Å². The summed E-state index contributed by atoms with van der Waals surface area (Å²) in [5.41, 5.74) is -2.10. The highest BCUT2D eigenvalue weighted by atomic mass is 16.8. The second-order valence-corrected chi connectivity index (χ2v) is 7.62. The predicted octanol–water partition coefficient (Wildman–Crippen LogP) is -4.07. The Kier molecular flexibility index (Phi) is 6.21. The van der Waals surface area contributed by atoms with Crippen LogP contribution in [0.25, 0.3) is 0 Å². The zero-order chi connectivity index (χ0) is 21.7. The molecule has 0 radical (unpaired) electrons. The molecule has 12 heteroatoms. The van der Waals surface area contributed by atoms with Crippen molar-refractivity contribution < 1.29 is 59.5 Å². The van der Waals surface area contributed by atoms with Gasteiger partial charge in [-0.1, -0.05) is 0 Å². The largest absolute Gasteiger partial charge is 0.471 e. The lowest BCUT2D eigenvalue weighted by atomic mass is 9.80. The van der Waals surface area contributed by atoms with Crippen molar-refractivity contribution in [2.24, 2.45) is 11.8 Å². The first-order valence-electron chi connectivity index (χ1n) is 9.04. The van der Waals surface area contributed by atoms with E-state index < -0.39 is 79.2 Å². The van der Waals surface area contributed by atoms with Crippen LogP contribution in [0.15, 0.2) is 11.8 Å². The van der Waals surface area contributed by atoms with Gasteiger partial charge in [0.2, 0.25) is 6.29 Å². The summed E-state index contributed by atoms with van der Waals surface area (Å²) >= 11 is 0. The van der Waals surface area contributed by atoms with Crippen LogP contribution in [-0.4, -0.2) is 110 Å². The third-order valence-corrected chi connectivity index (χ3v) is 5.87. The topological polar surface area (TPSA) is 196 Å². The molecule has 0 bridgehead atoms. The van der Waals surface area contributed by atoms with Crippen molar-refractivity contribution in [3.63, 3.8) is 0 Å². The normalized spacial score (nSPS) is 49.8. The van der Waals surface area contributed by atoms with Crippen molar-refractivity contribution in [2.75, 3.05) is 13.7 Å². The van der Waals surface area contributed by atoms with Crippen LogP contribution in [0.4, 0.5) is 0 Å². The Labute approximate surface area is 165 Å². The zero-order valence-electron chi connectivity index (χ0n) is 15.7. The van der Waals surface area contributed by atoms with Gasteiger partial charge in [-0.05, 0) is 6.92 Å². The minimum absolute atomic E-state index is 0.129. The molecule has 11 atom stereocenters. The molecule has 166 valence electrons. The Morgan fingerprint density at radius 1 is 1.10 bits per heavy atom. The van der Waals surface area contributed by atoms with E-state index in [0.717, 1.165) is 13.4 Å². The molecule has 3 aliphatic rings. The maximum Gasteiger partial charge on any atom is 0.337 e. The van der Waals surface area contributed by atoms with Gasteiger partial charge in [0.25, 0.3) is 0 Å². The molecule has 1 saturated carbocycles. The van der Waals surface area contributed by atoms with Gasteiger partial charge in [0, 0.05) is 5.92 Å². The van der Waals surface area contributed by atoms with Crippen LogP contribution < -0.4 is 0 Å². The molecule has 29 heavy (non-hydrogen) atoms. The highest BCUT2D eigenvalue weighted by Gasteiger charge is 2.64. The molecule has 2 fully saturated rings. The Bertz CT molecular complexity index is 648. The molecule has 11 unspecified atom stereocenters. The number of rotatable bonds is 4. The molecule has 0 amide bonds. The first kappa shape index (κ1) is 22.3. The molecular weight excluding hydrogens is 396 g/mol. The van der Waals surface area contributed by atoms with Crippen molar-refractivity contribution in [1.29, 1.82) is 0 Å². The molecule has 1 aliphatic carbocycles. The second kappa shape index (κ2) is 8.06. The molecule has 0 aromatic carbocycles. The lowest BCUT2D eigenvalue weighted by Gasteiger charge is -2.44. The van der Waals surface area contributed by atoms with Crippen molar-refractivity contribution in [3.05, 3.63) is 11.8 Å². The van der Waals surface area contributed by atoms with Gasteiger partial charge in [-0.3, -0.25) is 0 Å². The number of ether oxygens (including phenoxy) is 4. The Balaban J connectivity index is 1.90. The molecule has 12 nitrogen and oxygen atoms in total. The number of esters is 1. The summed E-state index contributed by atoms with van der Waals surface area (Å²) in [6, 6.07) is 0. The summed E-state index contributed by atoms with van der Waals surface area (Å²) in [5.74, 6) is -3.16. The first-order valence-corrected chi connectivity index (χ1v) is 9.04. The lowest BCUT2D eigenvalue weighted by molar-refractivity contribution is -0.347. The van der Waals surface area contributed by atoms with E-state index in [4.69, 9.17) is 14.2 Å². The lowest BCUT2D eigenvalue weighted by Crippen LogP contribution is -2.61. The second-order valence-electron chi connectivity index (χ2n) is 7.62. The molecule has 7 N–H and O–H groups in total. The van der Waals surface area contributed by atoms with Gasteiger partial charge < -0.3 is 54.7 Å². The standard InChI is InChI=1S/C17H26O12/c1-17(25)8-7(10(20)13(17)23)5(14(24)26-2)4-27-15(8)29-16-12(22)11(21)9(19)6(3-18)28-16/h4,6-13,15-16,18-23,25H,3H2,1-2H3. The molecule has 2 aliphatic heterocycles. The van der Waals surface area contributed by atoms with Crippen LogP contribution in [0.5, 0.6) is 0 Å². The molecule has 0 spiro atoms. The van der Waals surface area contributed by atoms with Crippen molar-refractivity contribution in [3.8, 4) is 0 Å². The number of aliphatic hydroxyl groups excluding tert-OH is 6. The fourth-order valence-electron chi connectivity index (χ4n) is 4.17. The van der Waals surface area contributed by atoms with E-state index in [1.807, 2.05) is 0 Å². The Hall–Kier alpha value is -1.35. The van der Waals surface area contributed by atoms with E-state index in [0.29, 0.717) is 0 Å². The average Bonchev–Trinajstić information content (AvgIpc) is 2.88. The Morgan fingerprint density at radius 3 is 2.34 bits per heavy atom. The van der Waals surface area contributed by atoms with Crippen LogP contribution >= 0.6 is 0 Å². The van der Waals surface area contributed by atoms with Gasteiger partial charge in [0.15, 0.2) is 6.29 Å². The van der Waals surface area contributed by atoms with Gasteiger partial charge in [-0.2, -0.15) is 0 Å². The fourth-order valence-corrected chi connectivity index (χ4v) is 4.17. The molecule has 2 heterocycles. The first-order chi connectivity index (χ1) is 13.6. The number of aliphatic hydroxyl groups is 7. The molecular formula is C17H26O12. The summed E-state index contributed by atoms with van der Waals surface area (Å²) in [6.07, 6.45) is -11.5. The van der Waals surface area contributed by atoms with Crippen molar-refractivity contribution in [1.82, 2.24) is 0 Å². The predicted molar refractivity (Wildman–Crippen MR) is 89.4 cm³/mol. The van der Waals surface area contributed by atoms with Gasteiger partial charge in [0.1, 0.15) is 30.5 Å². The summed E-state index contributed by atoms with van der Waals surface area (Å²) < 4.78 is 20.8. The quantitative estimate of drug-likeness (QED) is 0.217. The van der Waals surface area contributed by atoms with Gasteiger partial charge in [-0.15, -0.1) is 0 Å². The van der Waals surface area contributed by atoms with Gasteiger partial charge >= 0.3 is 5.97 Å². The van der Waals surface area contributed by atoms with Crippen molar-refractivity contribution in [2.45, 2.75) is 61.7 Å². The van der Waals surface area contributed by atoms with Crippen LogP contribution in [0.1, 0.15) is 6.92 Å². The van der Waals surface area contributed by atoms with Crippen molar-refractivity contribution >= 4 is 5.97 Å². The molecule has 0 aromatic rings. The minimum Gasteiger partial charge on any atom is -0.471 e. The van der Waals surface area contributed by atoms with Crippen LogP contribution in [-0.2, 0) is 23.7 Å². The SMILES string of the molecule is COC(=O)C1=COC(OC2OC(CO)C(O)C(O)C2O)C2C1C(O)C(O)C2(C)O. The van der Waals surface area contributed by atoms with Crippen LogP contribution in [0.3, 0.4) is 0 Å². The maximum absolute atomic E-state index is 12.0. The number of carbonyl (C=O) groups is 1. The molecule has 3 rings (SSSR count). The number of hydrogen-bond acceptors (Lipinski definition) is 12. The highest BCUT2D eigenvalue weighted by molar-refractivity contribution is 5.89. The highest BCUT2D eigenvalue weighted by Crippen LogP contribution is 2.49. The van der Waals surface area contributed by atoms with E-state index in [9.17, 15) is 40.5 Å². The van der Waals surface area contributed by atoms with Crippen LogP contribution in [0.2, 0.25) is 0 Å². The minimum atomic E-state index is -1.98. The number of carbonyl (C=O) groups excluding carboxylic acids is 1. The Morgan fingerprint density at radius 2 is 1.76 bits per heavy atom. The van der Waals surface area contributed by atoms with Gasteiger partial charge in [0.05, 0.1) is 43.2 Å². The molecule has 0 aromatic heterocycles. The number of methoxy groups -OCH3 is 1. The summed E-state index contributed by atoms with van der Waals surface area (Å²) in [4.78, 5) is 12.0. The molecule has 1 saturated heterocycles. The average molecular weight is 422 g/mol. The number of hydrogen-bond donors (Lipinski definition) is 7. The van der Waals surface area contributed by atoms with E-state index in [1.165, 1.54) is 6.92 Å². The zero-order valence-corrected chi connectivity index (χ0v) is 15.7. The smallest absolute Gasteiger partial charge is 0.337 e. The summed E-state index contributed by atoms with van der Waals surface area (Å²) in [7, 11) is 1.12. The van der Waals surface area contributed by atoms with E-state index in [-0.39, 0.29) is 5.57 Å². The van der Waals surface area contributed by atoms with E-state index in [1.54, 1.807) is 0 Å². The summed E-state index contributed by atoms with van der Waals surface area (Å²) in [5, 5.41) is 70.7. The summed E-state index contributed by atoms with van der Waals surface area (Å²) in [6.45, 7) is 0.544. The maximum atomic E-state index is 12.0. The monoisotopic (exact) mass is 422 g/mol. The third-order valence-electron chi connectivity index (χ3n) is 5.87.